The Morgan fingerprint density at radius 1 is 0.900 bits per heavy atom. The number of nitrogens with one attached hydrogen (secondary N) is 1. The lowest BCUT2D eigenvalue weighted by Gasteiger charge is -2.13. The quantitative estimate of drug-likeness (QED) is 0.573. The second-order valence-corrected chi connectivity index (χ2v) is 5.31. The number of benzene rings is 2. The summed E-state index contributed by atoms with van der Waals surface area (Å²) in [5.74, 6) is -0.853. The number of carbonyl (C=O) groups excluding carboxylic acids is 1. The van der Waals surface area contributed by atoms with E-state index in [1.54, 1.807) is 30.3 Å². The summed E-state index contributed by atoms with van der Waals surface area (Å²) in [5.41, 5.74) is 0.468. The van der Waals surface area contributed by atoms with Gasteiger partial charge in [-0.2, -0.15) is 0 Å². The molecule has 1 amide bonds. The Morgan fingerprint density at radius 2 is 1.40 bits per heavy atom. The molecule has 0 heterocycles. The molecule has 3 nitrogen and oxygen atoms in total. The Bertz CT molecular complexity index is 645. The molecule has 7 heteroatoms. The summed E-state index contributed by atoms with van der Waals surface area (Å²) >= 11 is 23.5. The summed E-state index contributed by atoms with van der Waals surface area (Å²) in [6.45, 7) is 0. The molecule has 2 N–H and O–H groups in total. The van der Waals surface area contributed by atoms with E-state index >= 15 is 0 Å². The zero-order valence-electron chi connectivity index (χ0n) is 9.75. The molecule has 2 aromatic rings. The van der Waals surface area contributed by atoms with Crippen LogP contribution in [0.4, 0.5) is 5.69 Å². The van der Waals surface area contributed by atoms with Crippen LogP contribution in [0, 0.1) is 0 Å². The molecular weight excluding hydrogens is 344 g/mol. The summed E-state index contributed by atoms with van der Waals surface area (Å²) in [5, 5.41) is 11.6. The molecule has 0 spiro atoms. The van der Waals surface area contributed by atoms with E-state index in [2.05, 4.69) is 5.32 Å². The van der Waals surface area contributed by atoms with E-state index in [1.165, 1.54) is 0 Å². The van der Waals surface area contributed by atoms with Crippen LogP contribution in [0.15, 0.2) is 30.3 Å². The van der Waals surface area contributed by atoms with Crippen molar-refractivity contribution in [1.29, 1.82) is 0 Å². The number of carbonyl (C=O) groups is 1. The molecule has 0 saturated carbocycles. The Morgan fingerprint density at radius 3 is 1.90 bits per heavy atom. The topological polar surface area (TPSA) is 49.3 Å². The van der Waals surface area contributed by atoms with Crippen LogP contribution in [0.3, 0.4) is 0 Å². The first kappa shape index (κ1) is 15.3. The molecule has 0 aromatic heterocycles. The highest BCUT2D eigenvalue weighted by molar-refractivity contribution is 6.52. The van der Waals surface area contributed by atoms with Crippen molar-refractivity contribution in [2.45, 2.75) is 0 Å². The van der Waals surface area contributed by atoms with Gasteiger partial charge in [0, 0.05) is 5.56 Å². The first-order chi connectivity index (χ1) is 9.43. The number of anilines is 1. The lowest BCUT2D eigenvalue weighted by Crippen LogP contribution is -2.12. The average Bonchev–Trinajstić information content (AvgIpc) is 2.48. The molecule has 104 valence electrons. The van der Waals surface area contributed by atoms with Gasteiger partial charge in [0.25, 0.3) is 5.91 Å². The van der Waals surface area contributed by atoms with Gasteiger partial charge in [0.15, 0.2) is 5.75 Å². The van der Waals surface area contributed by atoms with Gasteiger partial charge in [0.1, 0.15) is 10.0 Å². The Hall–Kier alpha value is -1.13. The maximum Gasteiger partial charge on any atom is 0.255 e. The second kappa shape index (κ2) is 6.10. The summed E-state index contributed by atoms with van der Waals surface area (Å²) < 4.78 is 0. The lowest BCUT2D eigenvalue weighted by molar-refractivity contribution is 0.102. The fourth-order valence-electron chi connectivity index (χ4n) is 1.51. The van der Waals surface area contributed by atoms with Crippen molar-refractivity contribution < 1.29 is 9.90 Å². The average molecular weight is 351 g/mol. The smallest absolute Gasteiger partial charge is 0.255 e. The van der Waals surface area contributed by atoms with E-state index in [1.807, 2.05) is 0 Å². The van der Waals surface area contributed by atoms with Crippen molar-refractivity contribution in [3.63, 3.8) is 0 Å². The minimum atomic E-state index is -0.430. The molecule has 0 aliphatic rings. The van der Waals surface area contributed by atoms with E-state index in [4.69, 9.17) is 46.4 Å². The van der Waals surface area contributed by atoms with Gasteiger partial charge in [-0.1, -0.05) is 64.6 Å². The molecule has 20 heavy (non-hydrogen) atoms. The first-order valence-corrected chi connectivity index (χ1v) is 6.86. The van der Waals surface area contributed by atoms with Crippen LogP contribution in [0.25, 0.3) is 0 Å². The number of halogens is 4. The molecular formula is C13H7Cl4NO2. The van der Waals surface area contributed by atoms with Gasteiger partial charge >= 0.3 is 0 Å². The molecule has 0 saturated heterocycles. The van der Waals surface area contributed by atoms with Crippen molar-refractivity contribution >= 4 is 58.0 Å². The molecule has 0 aliphatic heterocycles. The molecule has 0 bridgehead atoms. The van der Waals surface area contributed by atoms with E-state index in [-0.39, 0.29) is 25.8 Å². The maximum absolute atomic E-state index is 12.0. The van der Waals surface area contributed by atoms with Crippen molar-refractivity contribution in [3.05, 3.63) is 56.0 Å². The highest BCUT2D eigenvalue weighted by atomic mass is 35.5. The van der Waals surface area contributed by atoms with E-state index < -0.39 is 11.7 Å². The summed E-state index contributed by atoms with van der Waals surface area (Å²) in [6.07, 6.45) is 0. The van der Waals surface area contributed by atoms with Crippen LogP contribution >= 0.6 is 46.4 Å². The van der Waals surface area contributed by atoms with Gasteiger partial charge in [-0.05, 0) is 12.1 Å². The van der Waals surface area contributed by atoms with Gasteiger partial charge in [-0.3, -0.25) is 4.79 Å². The van der Waals surface area contributed by atoms with E-state index in [0.29, 0.717) is 5.56 Å². The highest BCUT2D eigenvalue weighted by Crippen LogP contribution is 2.48. The van der Waals surface area contributed by atoms with Crippen LogP contribution < -0.4 is 5.32 Å². The number of hydrogen-bond acceptors (Lipinski definition) is 2. The Labute approximate surface area is 135 Å². The lowest BCUT2D eigenvalue weighted by atomic mass is 10.2. The SMILES string of the molecule is O=C(Nc1c(Cl)c(Cl)c(O)c(Cl)c1Cl)c1ccccc1. The normalized spacial score (nSPS) is 10.4. The zero-order chi connectivity index (χ0) is 14.9. The number of rotatable bonds is 2. The van der Waals surface area contributed by atoms with Crippen molar-refractivity contribution in [2.75, 3.05) is 5.32 Å². The minimum absolute atomic E-state index is 0.0509. The monoisotopic (exact) mass is 349 g/mol. The van der Waals surface area contributed by atoms with Crippen LogP contribution in [0.5, 0.6) is 5.75 Å². The molecule has 0 unspecified atom stereocenters. The van der Waals surface area contributed by atoms with Gasteiger partial charge in [0.05, 0.1) is 15.7 Å². The van der Waals surface area contributed by atoms with Crippen molar-refractivity contribution in [3.8, 4) is 5.75 Å². The van der Waals surface area contributed by atoms with Gasteiger partial charge in [-0.25, -0.2) is 0 Å². The van der Waals surface area contributed by atoms with Crippen LogP contribution in [0.1, 0.15) is 10.4 Å². The standard InChI is InChI=1S/C13H7Cl4NO2/c14-7-9(16)12(19)10(17)8(15)11(7)18-13(20)6-4-2-1-3-5-6/h1-5,19H,(H,18,20). The van der Waals surface area contributed by atoms with Gasteiger partial charge in [-0.15, -0.1) is 0 Å². The number of aromatic hydroxyl groups is 1. The fraction of sp³-hybridized carbons (Fsp3) is 0. The summed E-state index contributed by atoms with van der Waals surface area (Å²) in [4.78, 5) is 12.0. The highest BCUT2D eigenvalue weighted by Gasteiger charge is 2.21. The third-order valence-electron chi connectivity index (χ3n) is 2.51. The summed E-state index contributed by atoms with van der Waals surface area (Å²) in [7, 11) is 0. The predicted octanol–water partition coefficient (Wildman–Crippen LogP) is 5.26. The molecule has 0 aliphatic carbocycles. The fourth-order valence-corrected chi connectivity index (χ4v) is 2.44. The van der Waals surface area contributed by atoms with Crippen LogP contribution in [-0.2, 0) is 0 Å². The first-order valence-electron chi connectivity index (χ1n) is 5.34. The molecule has 2 aromatic carbocycles. The third kappa shape index (κ3) is 2.81. The van der Waals surface area contributed by atoms with E-state index in [9.17, 15) is 9.90 Å². The second-order valence-electron chi connectivity index (χ2n) is 3.80. The predicted molar refractivity (Wildman–Crippen MR) is 82.5 cm³/mol. The zero-order valence-corrected chi connectivity index (χ0v) is 12.8. The number of hydrogen-bond donors (Lipinski definition) is 2. The molecule has 0 radical (unpaired) electrons. The summed E-state index contributed by atoms with van der Waals surface area (Å²) in [6, 6.07) is 8.47. The number of phenols is 1. The Balaban J connectivity index is 2.43. The van der Waals surface area contributed by atoms with E-state index in [0.717, 1.165) is 0 Å². The van der Waals surface area contributed by atoms with Crippen LogP contribution in [-0.4, -0.2) is 11.0 Å². The minimum Gasteiger partial charge on any atom is -0.505 e. The number of amides is 1. The third-order valence-corrected chi connectivity index (χ3v) is 4.20. The Kier molecular flexibility index (Phi) is 4.66. The largest absolute Gasteiger partial charge is 0.505 e. The van der Waals surface area contributed by atoms with Crippen LogP contribution in [0.2, 0.25) is 20.1 Å². The number of phenolic OH excluding ortho intramolecular Hbond substituents is 1. The maximum atomic E-state index is 12.0. The van der Waals surface area contributed by atoms with Crippen molar-refractivity contribution in [2.24, 2.45) is 0 Å². The molecule has 0 atom stereocenters. The van der Waals surface area contributed by atoms with Crippen molar-refractivity contribution in [1.82, 2.24) is 0 Å². The van der Waals surface area contributed by atoms with Gasteiger partial charge in [0.2, 0.25) is 0 Å². The molecule has 2 rings (SSSR count). The van der Waals surface area contributed by atoms with Gasteiger partial charge < -0.3 is 10.4 Å². The molecule has 0 fully saturated rings.